The fraction of sp³-hybridized carbons (Fsp3) is 0.320. The standard InChI is InChI=1S/C25H27NO5/c1-29-22-10-9-20(14-23(22)30-2)21-11-12-26(25(27)28)15-24(21)31-16-17-7-8-18-5-3-4-6-19(18)13-17/h3-10,13-14,21,24H,11-12,15-16H2,1-2H3,(H,27,28). The van der Waals surface area contributed by atoms with E-state index in [9.17, 15) is 9.90 Å². The molecule has 2 unspecified atom stereocenters. The maximum absolute atomic E-state index is 11.6. The van der Waals surface area contributed by atoms with Gasteiger partial charge < -0.3 is 24.2 Å². The number of methoxy groups -OCH3 is 2. The van der Waals surface area contributed by atoms with Crippen LogP contribution < -0.4 is 9.47 Å². The third-order valence-corrected chi connectivity index (χ3v) is 5.94. The van der Waals surface area contributed by atoms with Crippen LogP contribution in [0.25, 0.3) is 10.8 Å². The van der Waals surface area contributed by atoms with Crippen LogP contribution in [0.5, 0.6) is 11.5 Å². The number of carboxylic acid groups (broad SMARTS) is 1. The van der Waals surface area contributed by atoms with Gasteiger partial charge in [-0.15, -0.1) is 0 Å². The summed E-state index contributed by atoms with van der Waals surface area (Å²) in [4.78, 5) is 13.0. The van der Waals surface area contributed by atoms with E-state index >= 15 is 0 Å². The molecule has 1 aliphatic heterocycles. The highest BCUT2D eigenvalue weighted by molar-refractivity contribution is 5.82. The average Bonchev–Trinajstić information content (AvgIpc) is 2.81. The number of likely N-dealkylation sites (tertiary alicyclic amines) is 1. The van der Waals surface area contributed by atoms with Crippen LogP contribution in [-0.4, -0.2) is 49.5 Å². The summed E-state index contributed by atoms with van der Waals surface area (Å²) in [6.07, 6.45) is -0.482. The van der Waals surface area contributed by atoms with Gasteiger partial charge in [-0.1, -0.05) is 42.5 Å². The monoisotopic (exact) mass is 421 g/mol. The normalized spacial score (nSPS) is 18.7. The molecule has 1 saturated heterocycles. The summed E-state index contributed by atoms with van der Waals surface area (Å²) < 4.78 is 17.1. The largest absolute Gasteiger partial charge is 0.493 e. The smallest absolute Gasteiger partial charge is 0.407 e. The summed E-state index contributed by atoms with van der Waals surface area (Å²) in [6.45, 7) is 1.23. The molecule has 6 nitrogen and oxygen atoms in total. The first-order valence-corrected chi connectivity index (χ1v) is 10.4. The molecule has 1 fully saturated rings. The number of nitrogens with zero attached hydrogens (tertiary/aromatic N) is 1. The van der Waals surface area contributed by atoms with E-state index in [2.05, 4.69) is 30.3 Å². The Kier molecular flexibility index (Phi) is 6.28. The molecule has 4 rings (SSSR count). The van der Waals surface area contributed by atoms with E-state index in [0.29, 0.717) is 37.6 Å². The Hall–Kier alpha value is -3.25. The van der Waals surface area contributed by atoms with Gasteiger partial charge in [0.1, 0.15) is 0 Å². The van der Waals surface area contributed by atoms with Crippen LogP contribution >= 0.6 is 0 Å². The van der Waals surface area contributed by atoms with E-state index in [1.807, 2.05) is 30.3 Å². The Morgan fingerprint density at radius 3 is 2.52 bits per heavy atom. The molecular weight excluding hydrogens is 394 g/mol. The fourth-order valence-corrected chi connectivity index (χ4v) is 4.26. The number of amides is 1. The van der Waals surface area contributed by atoms with E-state index < -0.39 is 6.09 Å². The predicted molar refractivity (Wildman–Crippen MR) is 119 cm³/mol. The lowest BCUT2D eigenvalue weighted by atomic mass is 9.86. The van der Waals surface area contributed by atoms with Crippen LogP contribution in [0.1, 0.15) is 23.5 Å². The highest BCUT2D eigenvalue weighted by Crippen LogP contribution is 2.36. The number of fused-ring (bicyclic) bond motifs is 1. The lowest BCUT2D eigenvalue weighted by Crippen LogP contribution is -2.46. The van der Waals surface area contributed by atoms with Crippen molar-refractivity contribution in [2.75, 3.05) is 27.3 Å². The molecule has 1 heterocycles. The van der Waals surface area contributed by atoms with Crippen LogP contribution in [0.3, 0.4) is 0 Å². The van der Waals surface area contributed by atoms with Gasteiger partial charge in [0.25, 0.3) is 0 Å². The number of piperidine rings is 1. The summed E-state index contributed by atoms with van der Waals surface area (Å²) >= 11 is 0. The Morgan fingerprint density at radius 2 is 1.77 bits per heavy atom. The number of ether oxygens (including phenoxy) is 3. The lowest BCUT2D eigenvalue weighted by Gasteiger charge is -2.37. The van der Waals surface area contributed by atoms with E-state index in [4.69, 9.17) is 14.2 Å². The van der Waals surface area contributed by atoms with E-state index in [1.165, 1.54) is 10.3 Å². The number of hydrogen-bond acceptors (Lipinski definition) is 4. The van der Waals surface area contributed by atoms with Crippen LogP contribution in [0.2, 0.25) is 0 Å². The van der Waals surface area contributed by atoms with Crippen molar-refractivity contribution in [3.8, 4) is 11.5 Å². The minimum atomic E-state index is -0.912. The van der Waals surface area contributed by atoms with E-state index in [0.717, 1.165) is 16.5 Å². The van der Waals surface area contributed by atoms with Gasteiger partial charge in [0.05, 0.1) is 33.5 Å². The molecule has 1 aliphatic rings. The second kappa shape index (κ2) is 9.27. The minimum absolute atomic E-state index is 0.0656. The van der Waals surface area contributed by atoms with Crippen LogP contribution in [0.4, 0.5) is 4.79 Å². The number of rotatable bonds is 6. The molecule has 1 amide bonds. The highest BCUT2D eigenvalue weighted by atomic mass is 16.5. The summed E-state index contributed by atoms with van der Waals surface area (Å²) in [5.41, 5.74) is 2.13. The van der Waals surface area contributed by atoms with Crippen molar-refractivity contribution >= 4 is 16.9 Å². The molecule has 0 aliphatic carbocycles. The third-order valence-electron chi connectivity index (χ3n) is 5.94. The molecule has 1 N–H and O–H groups in total. The first-order valence-electron chi connectivity index (χ1n) is 10.4. The van der Waals surface area contributed by atoms with Gasteiger partial charge in [0, 0.05) is 12.5 Å². The number of hydrogen-bond donors (Lipinski definition) is 1. The number of carbonyl (C=O) groups is 1. The van der Waals surface area contributed by atoms with Crippen LogP contribution in [-0.2, 0) is 11.3 Å². The molecule has 0 spiro atoms. The molecule has 0 aromatic heterocycles. The second-order valence-corrected chi connectivity index (χ2v) is 7.77. The zero-order valence-electron chi connectivity index (χ0n) is 17.8. The quantitative estimate of drug-likeness (QED) is 0.613. The molecule has 3 aromatic carbocycles. The van der Waals surface area contributed by atoms with E-state index in [1.54, 1.807) is 14.2 Å². The van der Waals surface area contributed by atoms with E-state index in [-0.39, 0.29) is 12.0 Å². The lowest BCUT2D eigenvalue weighted by molar-refractivity contribution is -0.0199. The van der Waals surface area contributed by atoms with Gasteiger partial charge in [-0.2, -0.15) is 0 Å². The maximum atomic E-state index is 11.6. The topological polar surface area (TPSA) is 68.2 Å². The Bertz CT molecular complexity index is 1070. The first-order chi connectivity index (χ1) is 15.1. The zero-order valence-corrected chi connectivity index (χ0v) is 17.8. The highest BCUT2D eigenvalue weighted by Gasteiger charge is 2.33. The molecule has 0 saturated carbocycles. The molecule has 31 heavy (non-hydrogen) atoms. The molecule has 0 bridgehead atoms. The molecular formula is C25H27NO5. The first kappa shape index (κ1) is 21.0. The summed E-state index contributed by atoms with van der Waals surface area (Å²) in [5, 5.41) is 11.8. The summed E-state index contributed by atoms with van der Waals surface area (Å²) in [7, 11) is 3.22. The molecule has 2 atom stereocenters. The fourth-order valence-electron chi connectivity index (χ4n) is 4.26. The second-order valence-electron chi connectivity index (χ2n) is 7.77. The Balaban J connectivity index is 1.56. The number of benzene rings is 3. The maximum Gasteiger partial charge on any atom is 0.407 e. The predicted octanol–water partition coefficient (Wildman–Crippen LogP) is 4.91. The van der Waals surface area contributed by atoms with Crippen molar-refractivity contribution in [2.24, 2.45) is 0 Å². The van der Waals surface area contributed by atoms with Gasteiger partial charge >= 0.3 is 6.09 Å². The van der Waals surface area contributed by atoms with Gasteiger partial charge in [-0.3, -0.25) is 0 Å². The van der Waals surface area contributed by atoms with Crippen molar-refractivity contribution < 1.29 is 24.1 Å². The van der Waals surface area contributed by atoms with Crippen molar-refractivity contribution in [2.45, 2.75) is 25.0 Å². The van der Waals surface area contributed by atoms with Crippen molar-refractivity contribution in [1.29, 1.82) is 0 Å². The van der Waals surface area contributed by atoms with Crippen molar-refractivity contribution in [3.63, 3.8) is 0 Å². The third kappa shape index (κ3) is 4.59. The van der Waals surface area contributed by atoms with Gasteiger partial charge in [-0.05, 0) is 46.5 Å². The van der Waals surface area contributed by atoms with Crippen molar-refractivity contribution in [3.05, 3.63) is 71.8 Å². The Labute approximate surface area is 182 Å². The minimum Gasteiger partial charge on any atom is -0.493 e. The van der Waals surface area contributed by atoms with Crippen LogP contribution in [0, 0.1) is 0 Å². The van der Waals surface area contributed by atoms with Crippen LogP contribution in [0.15, 0.2) is 60.7 Å². The molecule has 3 aromatic rings. The molecule has 162 valence electrons. The Morgan fingerprint density at radius 1 is 1.00 bits per heavy atom. The van der Waals surface area contributed by atoms with Crippen molar-refractivity contribution in [1.82, 2.24) is 4.90 Å². The van der Waals surface area contributed by atoms with Gasteiger partial charge in [0.2, 0.25) is 0 Å². The molecule has 6 heteroatoms. The van der Waals surface area contributed by atoms with Gasteiger partial charge in [0.15, 0.2) is 11.5 Å². The van der Waals surface area contributed by atoms with Gasteiger partial charge in [-0.25, -0.2) is 4.79 Å². The summed E-state index contributed by atoms with van der Waals surface area (Å²) in [6, 6.07) is 20.3. The average molecular weight is 421 g/mol. The summed E-state index contributed by atoms with van der Waals surface area (Å²) in [5.74, 6) is 1.40. The SMILES string of the molecule is COc1ccc(C2CCN(C(=O)O)CC2OCc2ccc3ccccc3c2)cc1OC. The molecule has 0 radical (unpaired) electrons. The zero-order chi connectivity index (χ0) is 21.8.